The Morgan fingerprint density at radius 2 is 1.88 bits per heavy atom. The Bertz CT molecular complexity index is 878. The molecule has 0 aliphatic heterocycles. The van der Waals surface area contributed by atoms with Crippen molar-refractivity contribution in [3.63, 3.8) is 0 Å². The Morgan fingerprint density at radius 3 is 2.48 bits per heavy atom. The van der Waals surface area contributed by atoms with Gasteiger partial charge < -0.3 is 4.74 Å². The molecule has 132 valence electrons. The number of hydrogen-bond acceptors (Lipinski definition) is 5. The fourth-order valence-electron chi connectivity index (χ4n) is 2.12. The van der Waals surface area contributed by atoms with Gasteiger partial charge in [-0.1, -0.05) is 12.1 Å². The Balaban J connectivity index is 2.17. The van der Waals surface area contributed by atoms with Crippen LogP contribution in [-0.2, 0) is 21.2 Å². The molecule has 0 radical (unpaired) electrons. The van der Waals surface area contributed by atoms with Crippen LogP contribution in [0.1, 0.15) is 26.3 Å². The van der Waals surface area contributed by atoms with E-state index < -0.39 is 21.8 Å². The average Bonchev–Trinajstić information content (AvgIpc) is 2.60. The highest BCUT2D eigenvalue weighted by Gasteiger charge is 2.18. The summed E-state index contributed by atoms with van der Waals surface area (Å²) in [5.74, 6) is -1.42. The van der Waals surface area contributed by atoms with Crippen LogP contribution in [-0.4, -0.2) is 33.5 Å². The molecule has 0 aromatic heterocycles. The first-order valence-corrected chi connectivity index (χ1v) is 8.92. The molecule has 0 aliphatic carbocycles. The minimum absolute atomic E-state index is 0.0246. The molecule has 0 unspecified atom stereocenters. The molecule has 0 saturated heterocycles. The van der Waals surface area contributed by atoms with Crippen LogP contribution in [0.2, 0.25) is 0 Å². The Morgan fingerprint density at radius 1 is 1.20 bits per heavy atom. The quantitative estimate of drug-likeness (QED) is 0.601. The SMILES string of the molecule is COC(=O)c1cc(C=O)ccc1NS(=O)(=O)CCc1ccc(F)cc1. The van der Waals surface area contributed by atoms with E-state index in [2.05, 4.69) is 9.46 Å². The zero-order valence-corrected chi connectivity index (χ0v) is 14.2. The second-order valence-electron chi connectivity index (χ2n) is 5.21. The molecule has 0 saturated carbocycles. The summed E-state index contributed by atoms with van der Waals surface area (Å²) in [6, 6.07) is 9.47. The molecule has 0 bridgehead atoms. The summed E-state index contributed by atoms with van der Waals surface area (Å²) in [6.07, 6.45) is 0.717. The summed E-state index contributed by atoms with van der Waals surface area (Å²) in [7, 11) is -2.61. The van der Waals surface area contributed by atoms with Gasteiger partial charge in [0.25, 0.3) is 0 Å². The Labute approximate surface area is 144 Å². The summed E-state index contributed by atoms with van der Waals surface area (Å²) >= 11 is 0. The molecular weight excluding hydrogens is 349 g/mol. The number of carbonyl (C=O) groups excluding carboxylic acids is 2. The topological polar surface area (TPSA) is 89.5 Å². The lowest BCUT2D eigenvalue weighted by Crippen LogP contribution is -2.20. The van der Waals surface area contributed by atoms with E-state index >= 15 is 0 Å². The monoisotopic (exact) mass is 365 g/mol. The lowest BCUT2D eigenvalue weighted by molar-refractivity contribution is 0.0602. The Kier molecular flexibility index (Phi) is 5.87. The van der Waals surface area contributed by atoms with Gasteiger partial charge in [-0.15, -0.1) is 0 Å². The second-order valence-corrected chi connectivity index (χ2v) is 7.05. The van der Waals surface area contributed by atoms with Gasteiger partial charge in [0.1, 0.15) is 12.1 Å². The smallest absolute Gasteiger partial charge is 0.340 e. The first-order valence-electron chi connectivity index (χ1n) is 7.27. The predicted octanol–water partition coefficient (Wildman–Crippen LogP) is 2.41. The molecule has 0 atom stereocenters. The fraction of sp³-hybridized carbons (Fsp3) is 0.176. The van der Waals surface area contributed by atoms with E-state index in [1.54, 1.807) is 0 Å². The average molecular weight is 365 g/mol. The van der Waals surface area contributed by atoms with Crippen LogP contribution in [0.25, 0.3) is 0 Å². The molecule has 1 N–H and O–H groups in total. The van der Waals surface area contributed by atoms with Crippen molar-refractivity contribution in [3.8, 4) is 0 Å². The van der Waals surface area contributed by atoms with Gasteiger partial charge in [0.05, 0.1) is 24.1 Å². The lowest BCUT2D eigenvalue weighted by atomic mass is 10.1. The van der Waals surface area contributed by atoms with Gasteiger partial charge in [-0.25, -0.2) is 17.6 Å². The number of sulfonamides is 1. The van der Waals surface area contributed by atoms with Crippen LogP contribution in [0.3, 0.4) is 0 Å². The highest BCUT2D eigenvalue weighted by molar-refractivity contribution is 7.92. The number of ether oxygens (including phenoxy) is 1. The molecule has 25 heavy (non-hydrogen) atoms. The third kappa shape index (κ3) is 5.12. The van der Waals surface area contributed by atoms with Gasteiger partial charge in [-0.2, -0.15) is 0 Å². The summed E-state index contributed by atoms with van der Waals surface area (Å²) in [4.78, 5) is 22.6. The van der Waals surface area contributed by atoms with Crippen LogP contribution < -0.4 is 4.72 Å². The summed E-state index contributed by atoms with van der Waals surface area (Å²) in [5, 5.41) is 0. The molecule has 6 nitrogen and oxygen atoms in total. The lowest BCUT2D eigenvalue weighted by Gasteiger charge is -2.12. The Hall–Kier alpha value is -2.74. The molecule has 0 heterocycles. The van der Waals surface area contributed by atoms with Crippen LogP contribution in [0.15, 0.2) is 42.5 Å². The van der Waals surface area contributed by atoms with E-state index in [0.29, 0.717) is 11.8 Å². The van der Waals surface area contributed by atoms with Crippen LogP contribution in [0.4, 0.5) is 10.1 Å². The zero-order chi connectivity index (χ0) is 18.4. The van der Waals surface area contributed by atoms with E-state index in [1.165, 1.54) is 42.5 Å². The molecule has 2 rings (SSSR count). The molecular formula is C17H16FNO5S. The van der Waals surface area contributed by atoms with E-state index in [4.69, 9.17) is 0 Å². The van der Waals surface area contributed by atoms with Crippen molar-refractivity contribution in [1.29, 1.82) is 0 Å². The maximum Gasteiger partial charge on any atom is 0.340 e. The predicted molar refractivity (Wildman–Crippen MR) is 90.7 cm³/mol. The van der Waals surface area contributed by atoms with Gasteiger partial charge in [-0.3, -0.25) is 9.52 Å². The van der Waals surface area contributed by atoms with Gasteiger partial charge in [-0.05, 0) is 42.3 Å². The van der Waals surface area contributed by atoms with Gasteiger partial charge >= 0.3 is 5.97 Å². The molecule has 8 heteroatoms. The number of halogens is 1. The second kappa shape index (κ2) is 7.89. The van der Waals surface area contributed by atoms with Crippen molar-refractivity contribution >= 4 is 28.0 Å². The van der Waals surface area contributed by atoms with E-state index in [-0.39, 0.29) is 29.0 Å². The summed E-state index contributed by atoms with van der Waals surface area (Å²) in [5.41, 5.74) is 0.847. The van der Waals surface area contributed by atoms with Crippen molar-refractivity contribution in [2.24, 2.45) is 0 Å². The number of nitrogens with one attached hydrogen (secondary N) is 1. The molecule has 0 amide bonds. The summed E-state index contributed by atoms with van der Waals surface area (Å²) < 4.78 is 44.3. The van der Waals surface area contributed by atoms with E-state index in [9.17, 15) is 22.4 Å². The normalized spacial score (nSPS) is 11.0. The molecule has 0 aliphatic rings. The third-order valence-corrected chi connectivity index (χ3v) is 4.70. The van der Waals surface area contributed by atoms with Crippen molar-refractivity contribution in [2.45, 2.75) is 6.42 Å². The largest absolute Gasteiger partial charge is 0.465 e. The van der Waals surface area contributed by atoms with Crippen molar-refractivity contribution in [1.82, 2.24) is 0 Å². The first-order chi connectivity index (χ1) is 11.8. The minimum atomic E-state index is -3.77. The number of anilines is 1. The van der Waals surface area contributed by atoms with Crippen molar-refractivity contribution in [3.05, 3.63) is 65.0 Å². The van der Waals surface area contributed by atoms with Crippen molar-refractivity contribution < 1.29 is 27.1 Å². The number of aryl methyl sites for hydroxylation is 1. The van der Waals surface area contributed by atoms with Crippen LogP contribution in [0.5, 0.6) is 0 Å². The fourth-order valence-corrected chi connectivity index (χ4v) is 3.24. The maximum absolute atomic E-state index is 12.9. The number of esters is 1. The van der Waals surface area contributed by atoms with Gasteiger partial charge in [0.2, 0.25) is 10.0 Å². The first kappa shape index (κ1) is 18.6. The van der Waals surface area contributed by atoms with Crippen LogP contribution >= 0.6 is 0 Å². The van der Waals surface area contributed by atoms with Gasteiger partial charge in [0, 0.05) is 5.56 Å². The number of rotatable bonds is 7. The van der Waals surface area contributed by atoms with E-state index in [0.717, 1.165) is 7.11 Å². The number of carbonyl (C=O) groups is 2. The zero-order valence-electron chi connectivity index (χ0n) is 13.4. The van der Waals surface area contributed by atoms with Gasteiger partial charge in [0.15, 0.2) is 0 Å². The molecule has 2 aromatic rings. The number of methoxy groups -OCH3 is 1. The molecule has 0 spiro atoms. The minimum Gasteiger partial charge on any atom is -0.465 e. The highest BCUT2D eigenvalue weighted by Crippen LogP contribution is 2.20. The highest BCUT2D eigenvalue weighted by atomic mass is 32.2. The maximum atomic E-state index is 12.9. The van der Waals surface area contributed by atoms with E-state index in [1.807, 2.05) is 0 Å². The molecule has 0 fully saturated rings. The number of hydrogen-bond donors (Lipinski definition) is 1. The standard InChI is InChI=1S/C17H16FNO5S/c1-24-17(21)15-10-13(11-20)4-7-16(15)19-25(22,23)9-8-12-2-5-14(18)6-3-12/h2-7,10-11,19H,8-9H2,1H3. The molecule has 2 aromatic carbocycles. The van der Waals surface area contributed by atoms with Crippen LogP contribution in [0, 0.1) is 5.82 Å². The summed E-state index contributed by atoms with van der Waals surface area (Å²) in [6.45, 7) is 0. The number of aldehydes is 1. The van der Waals surface area contributed by atoms with Crippen molar-refractivity contribution in [2.75, 3.05) is 17.6 Å². The third-order valence-electron chi connectivity index (χ3n) is 3.42. The number of benzene rings is 2.